The Morgan fingerprint density at radius 1 is 1.50 bits per heavy atom. The van der Waals surface area contributed by atoms with Crippen LogP contribution in [0.4, 0.5) is 4.39 Å². The number of carbonyl (C=O) groups excluding carboxylic acids is 1. The summed E-state index contributed by atoms with van der Waals surface area (Å²) in [5, 5.41) is 0. The molecular formula is C11H13FO2. The molecule has 1 aromatic carbocycles. The Hall–Kier alpha value is -1.38. The average molecular weight is 196 g/mol. The lowest BCUT2D eigenvalue weighted by atomic mass is 10.2. The molecule has 0 spiro atoms. The van der Waals surface area contributed by atoms with E-state index < -0.39 is 5.82 Å². The topological polar surface area (TPSA) is 26.3 Å². The minimum Gasteiger partial charge on any atom is -0.493 e. The number of hydrogen-bond donors (Lipinski definition) is 0. The zero-order valence-electron chi connectivity index (χ0n) is 8.29. The van der Waals surface area contributed by atoms with Gasteiger partial charge in [-0.15, -0.1) is 0 Å². The number of carbonyl (C=O) groups is 1. The first-order chi connectivity index (χ1) is 6.63. The van der Waals surface area contributed by atoms with Crippen molar-refractivity contribution in [2.45, 2.75) is 13.8 Å². The largest absolute Gasteiger partial charge is 0.493 e. The first kappa shape index (κ1) is 10.7. The third-order valence-electron chi connectivity index (χ3n) is 1.67. The van der Waals surface area contributed by atoms with Crippen LogP contribution < -0.4 is 4.74 Å². The Morgan fingerprint density at radius 3 is 2.79 bits per heavy atom. The molecule has 0 aliphatic rings. The van der Waals surface area contributed by atoms with Crippen LogP contribution in [0.15, 0.2) is 18.2 Å². The molecule has 76 valence electrons. The number of ether oxygens (including phenoxy) is 1. The van der Waals surface area contributed by atoms with E-state index in [0.29, 0.717) is 24.6 Å². The summed E-state index contributed by atoms with van der Waals surface area (Å²) >= 11 is 0. The summed E-state index contributed by atoms with van der Waals surface area (Å²) in [6.07, 6.45) is 0.596. The first-order valence-corrected chi connectivity index (χ1v) is 4.51. The van der Waals surface area contributed by atoms with Crippen molar-refractivity contribution in [2.75, 3.05) is 6.61 Å². The molecule has 0 amide bonds. The molecule has 0 aliphatic heterocycles. The van der Waals surface area contributed by atoms with Gasteiger partial charge in [0.1, 0.15) is 11.6 Å². The van der Waals surface area contributed by atoms with Crippen molar-refractivity contribution < 1.29 is 13.9 Å². The zero-order chi connectivity index (χ0) is 10.6. The molecule has 0 aliphatic carbocycles. The number of aldehydes is 1. The highest BCUT2D eigenvalue weighted by Gasteiger charge is 2.05. The number of rotatable bonds is 4. The first-order valence-electron chi connectivity index (χ1n) is 4.51. The molecule has 2 nitrogen and oxygen atoms in total. The summed E-state index contributed by atoms with van der Waals surface area (Å²) in [5.74, 6) is 0.388. The van der Waals surface area contributed by atoms with Crippen LogP contribution in [0.3, 0.4) is 0 Å². The maximum Gasteiger partial charge on any atom is 0.153 e. The van der Waals surface area contributed by atoms with Gasteiger partial charge >= 0.3 is 0 Å². The van der Waals surface area contributed by atoms with Crippen LogP contribution in [0.2, 0.25) is 0 Å². The monoisotopic (exact) mass is 196 g/mol. The Bertz CT molecular complexity index is 321. The van der Waals surface area contributed by atoms with Gasteiger partial charge in [-0.25, -0.2) is 4.39 Å². The van der Waals surface area contributed by atoms with Gasteiger partial charge in [-0.2, -0.15) is 0 Å². The minimum absolute atomic E-state index is 0.255. The molecule has 0 fully saturated rings. The van der Waals surface area contributed by atoms with Crippen molar-refractivity contribution in [2.24, 2.45) is 5.92 Å². The van der Waals surface area contributed by atoms with Crippen molar-refractivity contribution in [1.82, 2.24) is 0 Å². The van der Waals surface area contributed by atoms with Gasteiger partial charge in [0.15, 0.2) is 6.29 Å². The maximum absolute atomic E-state index is 12.7. The summed E-state index contributed by atoms with van der Waals surface area (Å²) in [6, 6.07) is 3.92. The molecular weight excluding hydrogens is 183 g/mol. The maximum atomic E-state index is 12.7. The highest BCUT2D eigenvalue weighted by molar-refractivity contribution is 5.79. The van der Waals surface area contributed by atoms with E-state index in [1.54, 1.807) is 0 Å². The quantitative estimate of drug-likeness (QED) is 0.692. The van der Waals surface area contributed by atoms with Crippen LogP contribution >= 0.6 is 0 Å². The van der Waals surface area contributed by atoms with E-state index in [-0.39, 0.29) is 5.56 Å². The summed E-state index contributed by atoms with van der Waals surface area (Å²) in [6.45, 7) is 4.53. The van der Waals surface area contributed by atoms with Crippen molar-refractivity contribution in [1.29, 1.82) is 0 Å². The molecule has 3 heteroatoms. The molecule has 0 atom stereocenters. The second-order valence-corrected chi connectivity index (χ2v) is 3.50. The third kappa shape index (κ3) is 2.83. The SMILES string of the molecule is CC(C)COc1ccc(F)cc1C=O. The lowest BCUT2D eigenvalue weighted by Gasteiger charge is -2.10. The molecule has 0 saturated carbocycles. The fourth-order valence-corrected chi connectivity index (χ4v) is 0.999. The molecule has 0 heterocycles. The van der Waals surface area contributed by atoms with Crippen LogP contribution in [0.1, 0.15) is 24.2 Å². The van der Waals surface area contributed by atoms with Crippen LogP contribution in [0, 0.1) is 11.7 Å². The highest BCUT2D eigenvalue weighted by atomic mass is 19.1. The highest BCUT2D eigenvalue weighted by Crippen LogP contribution is 2.18. The van der Waals surface area contributed by atoms with E-state index >= 15 is 0 Å². The van der Waals surface area contributed by atoms with E-state index in [0.717, 1.165) is 0 Å². The molecule has 1 aromatic rings. The normalized spacial score (nSPS) is 10.3. The average Bonchev–Trinajstić information content (AvgIpc) is 2.15. The molecule has 14 heavy (non-hydrogen) atoms. The predicted octanol–water partition coefficient (Wildman–Crippen LogP) is 2.67. The lowest BCUT2D eigenvalue weighted by Crippen LogP contribution is -2.06. The Balaban J connectivity index is 2.80. The van der Waals surface area contributed by atoms with Crippen LogP contribution in [-0.2, 0) is 0 Å². The van der Waals surface area contributed by atoms with Crippen LogP contribution in [0.25, 0.3) is 0 Å². The smallest absolute Gasteiger partial charge is 0.153 e. The van der Waals surface area contributed by atoms with Gasteiger partial charge < -0.3 is 4.74 Å². The lowest BCUT2D eigenvalue weighted by molar-refractivity contribution is 0.111. The standard InChI is InChI=1S/C11H13FO2/c1-8(2)7-14-11-4-3-10(12)5-9(11)6-13/h3-6,8H,7H2,1-2H3. The number of benzene rings is 1. The van der Waals surface area contributed by atoms with E-state index in [9.17, 15) is 9.18 Å². The van der Waals surface area contributed by atoms with Gasteiger partial charge in [-0.3, -0.25) is 4.79 Å². The molecule has 0 bridgehead atoms. The van der Waals surface area contributed by atoms with Gasteiger partial charge in [0.05, 0.1) is 12.2 Å². The van der Waals surface area contributed by atoms with E-state index in [4.69, 9.17) is 4.74 Å². The Morgan fingerprint density at radius 2 is 2.21 bits per heavy atom. The molecule has 0 radical (unpaired) electrons. The van der Waals surface area contributed by atoms with E-state index in [1.165, 1.54) is 18.2 Å². The molecule has 0 N–H and O–H groups in total. The number of hydrogen-bond acceptors (Lipinski definition) is 2. The fourth-order valence-electron chi connectivity index (χ4n) is 0.999. The minimum atomic E-state index is -0.427. The van der Waals surface area contributed by atoms with E-state index in [2.05, 4.69) is 0 Å². The number of halogens is 1. The van der Waals surface area contributed by atoms with Crippen molar-refractivity contribution in [3.8, 4) is 5.75 Å². The molecule has 0 unspecified atom stereocenters. The van der Waals surface area contributed by atoms with Crippen LogP contribution in [-0.4, -0.2) is 12.9 Å². The van der Waals surface area contributed by atoms with Crippen LogP contribution in [0.5, 0.6) is 5.75 Å². The van der Waals surface area contributed by atoms with Gasteiger partial charge in [0.2, 0.25) is 0 Å². The van der Waals surface area contributed by atoms with Crippen molar-refractivity contribution >= 4 is 6.29 Å². The molecule has 0 aromatic heterocycles. The molecule has 1 rings (SSSR count). The summed E-state index contributed by atoms with van der Waals surface area (Å²) < 4.78 is 18.1. The second kappa shape index (κ2) is 4.74. The second-order valence-electron chi connectivity index (χ2n) is 3.50. The Kier molecular flexibility index (Phi) is 3.63. The summed E-state index contributed by atoms with van der Waals surface area (Å²) in [5.41, 5.74) is 0.255. The fraction of sp³-hybridized carbons (Fsp3) is 0.364. The summed E-state index contributed by atoms with van der Waals surface area (Å²) in [4.78, 5) is 10.6. The summed E-state index contributed by atoms with van der Waals surface area (Å²) in [7, 11) is 0. The molecule has 0 saturated heterocycles. The third-order valence-corrected chi connectivity index (χ3v) is 1.67. The predicted molar refractivity (Wildman–Crippen MR) is 52.1 cm³/mol. The van der Waals surface area contributed by atoms with Gasteiger partial charge in [0.25, 0.3) is 0 Å². The van der Waals surface area contributed by atoms with Gasteiger partial charge in [-0.1, -0.05) is 13.8 Å². The zero-order valence-corrected chi connectivity index (χ0v) is 8.29. The van der Waals surface area contributed by atoms with Gasteiger partial charge in [-0.05, 0) is 24.1 Å². The van der Waals surface area contributed by atoms with Crippen molar-refractivity contribution in [3.05, 3.63) is 29.6 Å². The Labute approximate surface area is 82.7 Å². The van der Waals surface area contributed by atoms with Gasteiger partial charge in [0, 0.05) is 0 Å². The van der Waals surface area contributed by atoms with E-state index in [1.807, 2.05) is 13.8 Å². The van der Waals surface area contributed by atoms with Crippen molar-refractivity contribution in [3.63, 3.8) is 0 Å².